The van der Waals surface area contributed by atoms with Gasteiger partial charge in [0.25, 0.3) is 0 Å². The Hall–Kier alpha value is -1.00. The Balaban J connectivity index is 1.91. The lowest BCUT2D eigenvalue weighted by Gasteiger charge is -2.26. The van der Waals surface area contributed by atoms with Crippen molar-refractivity contribution in [2.75, 3.05) is 32.7 Å². The quantitative estimate of drug-likeness (QED) is 0.836. The lowest BCUT2D eigenvalue weighted by molar-refractivity contribution is 0.242. The Morgan fingerprint density at radius 2 is 2.06 bits per heavy atom. The van der Waals surface area contributed by atoms with Crippen LogP contribution in [0.4, 0.5) is 0 Å². The fourth-order valence-corrected chi connectivity index (χ4v) is 2.19. The van der Waals surface area contributed by atoms with Gasteiger partial charge in [-0.1, -0.05) is 6.92 Å². The third-order valence-corrected chi connectivity index (χ3v) is 3.18. The first-order valence-corrected chi connectivity index (χ1v) is 6.54. The first kappa shape index (κ1) is 12.5. The Labute approximate surface area is 103 Å². The van der Waals surface area contributed by atoms with E-state index in [-0.39, 0.29) is 0 Å². The van der Waals surface area contributed by atoms with Crippen LogP contribution >= 0.6 is 0 Å². The number of nitrogens with zero attached hydrogens (tertiary/aromatic N) is 3. The van der Waals surface area contributed by atoms with E-state index in [4.69, 9.17) is 0 Å². The number of rotatable bonds is 4. The van der Waals surface area contributed by atoms with Crippen molar-refractivity contribution in [3.8, 4) is 0 Å². The smallest absolute Gasteiger partial charge is 0.130 e. The Kier molecular flexibility index (Phi) is 4.45. The molecule has 0 bridgehead atoms. The van der Waals surface area contributed by atoms with Crippen molar-refractivity contribution in [2.24, 2.45) is 0 Å². The summed E-state index contributed by atoms with van der Waals surface area (Å²) in [5.41, 5.74) is 2.25. The molecule has 0 aliphatic carbocycles. The molecule has 0 atom stereocenters. The highest BCUT2D eigenvalue weighted by molar-refractivity contribution is 5.10. The molecule has 0 saturated carbocycles. The average molecular weight is 234 g/mol. The molecule has 0 radical (unpaired) electrons. The third kappa shape index (κ3) is 3.75. The zero-order chi connectivity index (χ0) is 12.1. The number of aromatic nitrogens is 2. The van der Waals surface area contributed by atoms with Gasteiger partial charge in [-0.05, 0) is 19.4 Å². The molecule has 0 aromatic carbocycles. The number of nitrogens with one attached hydrogen (secondary N) is 1. The minimum absolute atomic E-state index is 0.967. The number of hydrogen-bond donors (Lipinski definition) is 1. The van der Waals surface area contributed by atoms with E-state index in [1.807, 2.05) is 0 Å². The van der Waals surface area contributed by atoms with Gasteiger partial charge in [-0.15, -0.1) is 0 Å². The highest BCUT2D eigenvalue weighted by atomic mass is 15.2. The van der Waals surface area contributed by atoms with Gasteiger partial charge in [0.05, 0.1) is 0 Å². The monoisotopic (exact) mass is 234 g/mol. The van der Waals surface area contributed by atoms with Gasteiger partial charge in [0, 0.05) is 50.5 Å². The lowest BCUT2D eigenvalue weighted by Crippen LogP contribution is -2.44. The standard InChI is InChI=1S/C13H22N4/c1-3-12-10-11(2)15-13(16-12)4-7-17-8-5-14-6-9-17/h10,14H,3-9H2,1-2H3. The van der Waals surface area contributed by atoms with Crippen LogP contribution in [-0.4, -0.2) is 47.6 Å². The molecule has 2 heterocycles. The summed E-state index contributed by atoms with van der Waals surface area (Å²) in [5.74, 6) is 1.00. The summed E-state index contributed by atoms with van der Waals surface area (Å²) in [6.45, 7) is 9.77. The van der Waals surface area contributed by atoms with E-state index >= 15 is 0 Å². The number of hydrogen-bond acceptors (Lipinski definition) is 4. The van der Waals surface area contributed by atoms with Crippen LogP contribution in [0.1, 0.15) is 24.1 Å². The van der Waals surface area contributed by atoms with Crippen LogP contribution in [0.2, 0.25) is 0 Å². The predicted octanol–water partition coefficient (Wildman–Crippen LogP) is 0.795. The molecule has 17 heavy (non-hydrogen) atoms. The molecule has 1 aromatic heterocycles. The summed E-state index contributed by atoms with van der Waals surface area (Å²) in [4.78, 5) is 11.6. The summed E-state index contributed by atoms with van der Waals surface area (Å²) in [7, 11) is 0. The van der Waals surface area contributed by atoms with Gasteiger partial charge in [-0.25, -0.2) is 9.97 Å². The molecule has 1 aliphatic heterocycles. The van der Waals surface area contributed by atoms with E-state index in [1.54, 1.807) is 0 Å². The van der Waals surface area contributed by atoms with Crippen LogP contribution in [0.3, 0.4) is 0 Å². The zero-order valence-electron chi connectivity index (χ0n) is 10.9. The first-order valence-electron chi connectivity index (χ1n) is 6.54. The Morgan fingerprint density at radius 1 is 1.29 bits per heavy atom. The minimum Gasteiger partial charge on any atom is -0.314 e. The van der Waals surface area contributed by atoms with Crippen molar-refractivity contribution in [2.45, 2.75) is 26.7 Å². The van der Waals surface area contributed by atoms with Gasteiger partial charge in [0.1, 0.15) is 5.82 Å². The second-order valence-electron chi connectivity index (χ2n) is 4.61. The van der Waals surface area contributed by atoms with Gasteiger partial charge in [0.2, 0.25) is 0 Å². The maximum atomic E-state index is 4.58. The first-order chi connectivity index (χ1) is 8.28. The van der Waals surface area contributed by atoms with Crippen molar-refractivity contribution in [1.82, 2.24) is 20.2 Å². The second kappa shape index (κ2) is 6.07. The molecule has 0 unspecified atom stereocenters. The molecular formula is C13H22N4. The summed E-state index contributed by atoms with van der Waals surface area (Å²) < 4.78 is 0. The molecular weight excluding hydrogens is 212 g/mol. The maximum Gasteiger partial charge on any atom is 0.130 e. The van der Waals surface area contributed by atoms with E-state index in [0.717, 1.165) is 62.8 Å². The van der Waals surface area contributed by atoms with Gasteiger partial charge in [-0.2, -0.15) is 0 Å². The SMILES string of the molecule is CCc1cc(C)nc(CCN2CCNCC2)n1. The third-order valence-electron chi connectivity index (χ3n) is 3.18. The average Bonchev–Trinajstić information content (AvgIpc) is 2.37. The van der Waals surface area contributed by atoms with E-state index < -0.39 is 0 Å². The van der Waals surface area contributed by atoms with E-state index in [1.165, 1.54) is 0 Å². The van der Waals surface area contributed by atoms with Crippen LogP contribution in [0, 0.1) is 6.92 Å². The molecule has 94 valence electrons. The van der Waals surface area contributed by atoms with Gasteiger partial charge in [-0.3, -0.25) is 0 Å². The van der Waals surface area contributed by atoms with Crippen molar-refractivity contribution in [1.29, 1.82) is 0 Å². The molecule has 2 rings (SSSR count). The van der Waals surface area contributed by atoms with Crippen molar-refractivity contribution < 1.29 is 0 Å². The van der Waals surface area contributed by atoms with Crippen LogP contribution in [0.15, 0.2) is 6.07 Å². The molecule has 1 saturated heterocycles. The summed E-state index contributed by atoms with van der Waals surface area (Å²) in [5, 5.41) is 3.37. The van der Waals surface area contributed by atoms with Gasteiger partial charge < -0.3 is 10.2 Å². The van der Waals surface area contributed by atoms with E-state index in [2.05, 4.69) is 40.1 Å². The molecule has 1 aromatic rings. The topological polar surface area (TPSA) is 41.1 Å². The predicted molar refractivity (Wildman–Crippen MR) is 69.2 cm³/mol. The van der Waals surface area contributed by atoms with E-state index in [0.29, 0.717) is 0 Å². The largest absolute Gasteiger partial charge is 0.314 e. The second-order valence-corrected chi connectivity index (χ2v) is 4.61. The Morgan fingerprint density at radius 3 is 2.76 bits per heavy atom. The fourth-order valence-electron chi connectivity index (χ4n) is 2.19. The maximum absolute atomic E-state index is 4.58. The summed E-state index contributed by atoms with van der Waals surface area (Å²) >= 11 is 0. The van der Waals surface area contributed by atoms with Gasteiger partial charge >= 0.3 is 0 Å². The lowest BCUT2D eigenvalue weighted by atomic mass is 10.2. The Bertz CT molecular complexity index is 358. The zero-order valence-corrected chi connectivity index (χ0v) is 10.9. The van der Waals surface area contributed by atoms with Crippen molar-refractivity contribution in [3.63, 3.8) is 0 Å². The fraction of sp³-hybridized carbons (Fsp3) is 0.692. The van der Waals surface area contributed by atoms with Crippen molar-refractivity contribution >= 4 is 0 Å². The van der Waals surface area contributed by atoms with Crippen molar-refractivity contribution in [3.05, 3.63) is 23.3 Å². The van der Waals surface area contributed by atoms with Crippen LogP contribution < -0.4 is 5.32 Å². The summed E-state index contributed by atoms with van der Waals surface area (Å²) in [6, 6.07) is 2.08. The molecule has 0 amide bonds. The molecule has 4 nitrogen and oxygen atoms in total. The summed E-state index contributed by atoms with van der Waals surface area (Å²) in [6.07, 6.45) is 1.96. The number of piperazine rings is 1. The molecule has 4 heteroatoms. The van der Waals surface area contributed by atoms with Crippen LogP contribution in [0.25, 0.3) is 0 Å². The highest BCUT2D eigenvalue weighted by Crippen LogP contribution is 2.03. The molecule has 1 N–H and O–H groups in total. The minimum atomic E-state index is 0.967. The highest BCUT2D eigenvalue weighted by Gasteiger charge is 2.10. The normalized spacial score (nSPS) is 17.3. The van der Waals surface area contributed by atoms with Crippen LogP contribution in [-0.2, 0) is 12.8 Å². The molecule has 1 fully saturated rings. The molecule has 0 spiro atoms. The number of aryl methyl sites for hydroxylation is 2. The van der Waals surface area contributed by atoms with Crippen LogP contribution in [0.5, 0.6) is 0 Å². The van der Waals surface area contributed by atoms with E-state index in [9.17, 15) is 0 Å². The van der Waals surface area contributed by atoms with Gasteiger partial charge in [0.15, 0.2) is 0 Å². The molecule has 1 aliphatic rings.